The van der Waals surface area contributed by atoms with Gasteiger partial charge in [-0.2, -0.15) is 4.31 Å². The number of hydrogen-bond donors (Lipinski definition) is 1. The first-order chi connectivity index (χ1) is 8.95. The topological polar surface area (TPSA) is 49.4 Å². The van der Waals surface area contributed by atoms with Crippen LogP contribution in [0.1, 0.15) is 19.8 Å². The molecule has 0 amide bonds. The number of nitrogens with zero attached hydrogens (tertiary/aromatic N) is 1. The zero-order valence-electron chi connectivity index (χ0n) is 10.5. The SMILES string of the molecule is CCNC1CCN(S(=O)(=O)c2cc(Cl)sc2Cl)CC1. The minimum absolute atomic E-state index is 0.131. The summed E-state index contributed by atoms with van der Waals surface area (Å²) in [6.45, 7) is 3.99. The number of piperidine rings is 1. The molecule has 8 heteroatoms. The van der Waals surface area contributed by atoms with Crippen molar-refractivity contribution in [2.45, 2.75) is 30.7 Å². The molecule has 0 spiro atoms. The van der Waals surface area contributed by atoms with Crippen LogP contribution in [0.5, 0.6) is 0 Å². The molecule has 0 aliphatic carbocycles. The normalized spacial score (nSPS) is 18.9. The highest BCUT2D eigenvalue weighted by atomic mass is 35.5. The molecule has 1 N–H and O–H groups in total. The van der Waals surface area contributed by atoms with E-state index >= 15 is 0 Å². The number of halogens is 2. The Balaban J connectivity index is 2.12. The van der Waals surface area contributed by atoms with E-state index in [0.717, 1.165) is 30.7 Å². The monoisotopic (exact) mass is 342 g/mol. The van der Waals surface area contributed by atoms with E-state index in [4.69, 9.17) is 23.2 Å². The van der Waals surface area contributed by atoms with Gasteiger partial charge in [-0.1, -0.05) is 30.1 Å². The molecule has 0 radical (unpaired) electrons. The Kier molecular flexibility index (Phi) is 5.14. The highest BCUT2D eigenvalue weighted by Gasteiger charge is 2.31. The average molecular weight is 343 g/mol. The third-order valence-corrected chi connectivity index (χ3v) is 6.84. The third-order valence-electron chi connectivity index (χ3n) is 3.19. The molecule has 0 aromatic carbocycles. The summed E-state index contributed by atoms with van der Waals surface area (Å²) < 4.78 is 27.0. The first kappa shape index (κ1) is 15.5. The third kappa shape index (κ3) is 3.43. The van der Waals surface area contributed by atoms with Gasteiger partial charge in [0.1, 0.15) is 9.23 Å². The largest absolute Gasteiger partial charge is 0.314 e. The summed E-state index contributed by atoms with van der Waals surface area (Å²) in [6, 6.07) is 1.83. The van der Waals surface area contributed by atoms with Crippen LogP contribution < -0.4 is 5.32 Å². The van der Waals surface area contributed by atoms with Crippen LogP contribution in [0.25, 0.3) is 0 Å². The fourth-order valence-corrected chi connectivity index (χ4v) is 5.81. The lowest BCUT2D eigenvalue weighted by Gasteiger charge is -2.31. The summed E-state index contributed by atoms with van der Waals surface area (Å²) in [5, 5.41) is 3.35. The molecule has 1 fully saturated rings. The molecule has 2 heterocycles. The maximum atomic E-state index is 12.5. The van der Waals surface area contributed by atoms with Gasteiger partial charge in [0.2, 0.25) is 10.0 Å². The first-order valence-corrected chi connectivity index (χ1v) is 9.14. The van der Waals surface area contributed by atoms with E-state index in [0.29, 0.717) is 23.5 Å². The van der Waals surface area contributed by atoms with Gasteiger partial charge in [-0.3, -0.25) is 0 Å². The Morgan fingerprint density at radius 3 is 2.53 bits per heavy atom. The molecule has 1 saturated heterocycles. The van der Waals surface area contributed by atoms with Crippen LogP contribution in [-0.4, -0.2) is 38.4 Å². The van der Waals surface area contributed by atoms with Gasteiger partial charge in [0.25, 0.3) is 0 Å². The molecule has 1 aliphatic rings. The van der Waals surface area contributed by atoms with Crippen molar-refractivity contribution in [3.8, 4) is 0 Å². The maximum absolute atomic E-state index is 12.5. The number of sulfonamides is 1. The summed E-state index contributed by atoms with van der Waals surface area (Å²) >= 11 is 12.8. The molecular weight excluding hydrogens is 327 g/mol. The molecule has 1 aromatic rings. The van der Waals surface area contributed by atoms with Crippen molar-refractivity contribution in [1.29, 1.82) is 0 Å². The van der Waals surface area contributed by atoms with Crippen LogP contribution >= 0.6 is 34.5 Å². The second-order valence-electron chi connectivity index (χ2n) is 4.42. The minimum atomic E-state index is -3.51. The molecule has 0 bridgehead atoms. The highest BCUT2D eigenvalue weighted by Crippen LogP contribution is 2.36. The first-order valence-electron chi connectivity index (χ1n) is 6.13. The van der Waals surface area contributed by atoms with Crippen molar-refractivity contribution in [1.82, 2.24) is 9.62 Å². The average Bonchev–Trinajstić information content (AvgIpc) is 2.70. The summed E-state index contributed by atoms with van der Waals surface area (Å²) in [5.74, 6) is 0. The number of hydrogen-bond acceptors (Lipinski definition) is 4. The lowest BCUT2D eigenvalue weighted by molar-refractivity contribution is 0.292. The molecule has 0 atom stereocenters. The van der Waals surface area contributed by atoms with Crippen LogP contribution in [0, 0.1) is 0 Å². The number of thiophene rings is 1. The second-order valence-corrected chi connectivity index (χ2v) is 8.62. The minimum Gasteiger partial charge on any atom is -0.314 e. The van der Waals surface area contributed by atoms with Gasteiger partial charge < -0.3 is 5.32 Å². The van der Waals surface area contributed by atoms with Gasteiger partial charge in [-0.25, -0.2) is 8.42 Å². The Labute approximate surface area is 127 Å². The molecule has 0 unspecified atom stereocenters. The molecule has 4 nitrogen and oxygen atoms in total. The predicted molar refractivity (Wildman–Crippen MR) is 79.8 cm³/mol. The molecule has 108 valence electrons. The maximum Gasteiger partial charge on any atom is 0.245 e. The molecule has 1 aliphatic heterocycles. The number of nitrogens with one attached hydrogen (secondary N) is 1. The molecule has 1 aromatic heterocycles. The Morgan fingerprint density at radius 2 is 2.05 bits per heavy atom. The van der Waals surface area contributed by atoms with E-state index in [-0.39, 0.29) is 9.23 Å². The standard InChI is InChI=1S/C11H16Cl2N2O2S2/c1-2-14-8-3-5-15(6-4-8)19(16,17)9-7-10(12)18-11(9)13/h7-8,14H,2-6H2,1H3. The van der Waals surface area contributed by atoms with Crippen molar-refractivity contribution in [3.63, 3.8) is 0 Å². The van der Waals surface area contributed by atoms with Crippen LogP contribution in [0.15, 0.2) is 11.0 Å². The Hall–Kier alpha value is 0.150. The van der Waals surface area contributed by atoms with Gasteiger partial charge in [-0.05, 0) is 25.5 Å². The fourth-order valence-electron chi connectivity index (χ4n) is 2.23. The fraction of sp³-hybridized carbons (Fsp3) is 0.636. The number of rotatable bonds is 4. The van der Waals surface area contributed by atoms with Crippen LogP contribution in [-0.2, 0) is 10.0 Å². The molecule has 19 heavy (non-hydrogen) atoms. The van der Waals surface area contributed by atoms with Crippen molar-refractivity contribution in [2.75, 3.05) is 19.6 Å². The summed E-state index contributed by atoms with van der Waals surface area (Å²) in [4.78, 5) is 0.131. The van der Waals surface area contributed by atoms with Gasteiger partial charge in [0, 0.05) is 19.1 Å². The van der Waals surface area contributed by atoms with Gasteiger partial charge in [0.15, 0.2) is 0 Å². The lowest BCUT2D eigenvalue weighted by Crippen LogP contribution is -2.44. The molecule has 0 saturated carbocycles. The smallest absolute Gasteiger partial charge is 0.245 e. The second kappa shape index (κ2) is 6.28. The Bertz CT molecular complexity index is 537. The van der Waals surface area contributed by atoms with Crippen molar-refractivity contribution >= 4 is 44.6 Å². The summed E-state index contributed by atoms with van der Waals surface area (Å²) in [6.07, 6.45) is 1.64. The van der Waals surface area contributed by atoms with Crippen LogP contribution in [0.3, 0.4) is 0 Å². The quantitative estimate of drug-likeness (QED) is 0.915. The van der Waals surface area contributed by atoms with Gasteiger partial charge in [0.05, 0.1) is 4.34 Å². The zero-order valence-corrected chi connectivity index (χ0v) is 13.7. The van der Waals surface area contributed by atoms with Crippen LogP contribution in [0.4, 0.5) is 0 Å². The van der Waals surface area contributed by atoms with E-state index in [2.05, 4.69) is 12.2 Å². The summed E-state index contributed by atoms with van der Waals surface area (Å²) in [5.41, 5.74) is 0. The lowest BCUT2D eigenvalue weighted by atomic mass is 10.1. The zero-order chi connectivity index (χ0) is 14.0. The summed E-state index contributed by atoms with van der Waals surface area (Å²) in [7, 11) is -3.51. The van der Waals surface area contributed by atoms with E-state index in [1.54, 1.807) is 0 Å². The van der Waals surface area contributed by atoms with E-state index in [1.807, 2.05) is 0 Å². The Morgan fingerprint density at radius 1 is 1.42 bits per heavy atom. The van der Waals surface area contributed by atoms with Crippen molar-refractivity contribution < 1.29 is 8.42 Å². The molecule has 2 rings (SSSR count). The van der Waals surface area contributed by atoms with Crippen LogP contribution in [0.2, 0.25) is 8.67 Å². The predicted octanol–water partition coefficient (Wildman–Crippen LogP) is 2.82. The van der Waals surface area contributed by atoms with E-state index in [1.165, 1.54) is 10.4 Å². The van der Waals surface area contributed by atoms with Crippen molar-refractivity contribution in [2.24, 2.45) is 0 Å². The van der Waals surface area contributed by atoms with E-state index in [9.17, 15) is 8.42 Å². The highest BCUT2D eigenvalue weighted by molar-refractivity contribution is 7.89. The molecular formula is C11H16Cl2N2O2S2. The van der Waals surface area contributed by atoms with Gasteiger partial charge in [-0.15, -0.1) is 11.3 Å². The van der Waals surface area contributed by atoms with Gasteiger partial charge >= 0.3 is 0 Å². The van der Waals surface area contributed by atoms with E-state index < -0.39 is 10.0 Å². The van der Waals surface area contributed by atoms with Crippen molar-refractivity contribution in [3.05, 3.63) is 14.7 Å².